The fourth-order valence-electron chi connectivity index (χ4n) is 1.70. The van der Waals surface area contributed by atoms with Crippen molar-refractivity contribution in [2.24, 2.45) is 5.92 Å². The maximum absolute atomic E-state index is 8.98. The lowest BCUT2D eigenvalue weighted by Gasteiger charge is -2.13. The van der Waals surface area contributed by atoms with Crippen molar-refractivity contribution in [2.75, 3.05) is 0 Å². The molecule has 0 radical (unpaired) electrons. The van der Waals surface area contributed by atoms with Crippen LogP contribution >= 0.6 is 0 Å². The number of hydrogen-bond acceptors (Lipinski definition) is 3. The van der Waals surface area contributed by atoms with Crippen molar-refractivity contribution in [2.45, 2.75) is 38.8 Å². The van der Waals surface area contributed by atoms with E-state index in [0.717, 1.165) is 5.92 Å². The summed E-state index contributed by atoms with van der Waals surface area (Å²) in [6.07, 6.45) is 5.62. The summed E-state index contributed by atoms with van der Waals surface area (Å²) in [5.41, 5.74) is 0. The van der Waals surface area contributed by atoms with Crippen molar-refractivity contribution in [1.29, 1.82) is 0 Å². The smallest absolute Gasteiger partial charge is 0.158 e. The Kier molecular flexibility index (Phi) is 2.31. The van der Waals surface area contributed by atoms with Gasteiger partial charge in [-0.2, -0.15) is 0 Å². The van der Waals surface area contributed by atoms with E-state index >= 15 is 0 Å². The first-order valence-corrected chi connectivity index (χ1v) is 4.80. The van der Waals surface area contributed by atoms with Crippen LogP contribution in [0.1, 0.15) is 38.1 Å². The van der Waals surface area contributed by atoms with E-state index in [1.807, 2.05) is 4.57 Å². The Bertz CT molecular complexity index is 280. The minimum atomic E-state index is -0.0188. The molecule has 0 aliphatic heterocycles. The summed E-state index contributed by atoms with van der Waals surface area (Å²) in [5.74, 6) is 1.57. The number of aliphatic hydroxyl groups excluding tert-OH is 1. The van der Waals surface area contributed by atoms with Crippen LogP contribution < -0.4 is 0 Å². The van der Waals surface area contributed by atoms with E-state index < -0.39 is 0 Å². The molecule has 0 amide bonds. The highest BCUT2D eigenvalue weighted by molar-refractivity contribution is 4.88. The first-order valence-electron chi connectivity index (χ1n) is 4.80. The van der Waals surface area contributed by atoms with Gasteiger partial charge in [-0.1, -0.05) is 12.8 Å². The summed E-state index contributed by atoms with van der Waals surface area (Å²) in [6.45, 7) is 2.13. The van der Waals surface area contributed by atoms with Crippen LogP contribution in [0, 0.1) is 5.92 Å². The summed E-state index contributed by atoms with van der Waals surface area (Å²) in [6, 6.07) is 0.421. The Morgan fingerprint density at radius 1 is 1.69 bits per heavy atom. The second-order valence-corrected chi connectivity index (χ2v) is 3.84. The largest absolute Gasteiger partial charge is 0.388 e. The molecule has 4 nitrogen and oxygen atoms in total. The molecular weight excluding hydrogens is 166 g/mol. The molecule has 1 unspecified atom stereocenters. The van der Waals surface area contributed by atoms with Gasteiger partial charge in [0, 0.05) is 6.04 Å². The molecule has 1 heterocycles. The maximum atomic E-state index is 8.98. The molecule has 1 N–H and O–H groups in total. The zero-order chi connectivity index (χ0) is 9.26. The summed E-state index contributed by atoms with van der Waals surface area (Å²) in [5, 5.41) is 16.6. The second-order valence-electron chi connectivity index (χ2n) is 3.84. The molecule has 0 spiro atoms. The third-order valence-electron chi connectivity index (χ3n) is 2.63. The molecule has 1 saturated carbocycles. The molecule has 1 aromatic rings. The molecule has 1 aliphatic rings. The topological polar surface area (TPSA) is 50.9 Å². The molecule has 4 heteroatoms. The lowest BCUT2D eigenvalue weighted by molar-refractivity contribution is 0.259. The molecule has 1 atom stereocenters. The monoisotopic (exact) mass is 181 g/mol. The molecule has 1 aromatic heterocycles. The van der Waals surface area contributed by atoms with Gasteiger partial charge in [-0.15, -0.1) is 10.2 Å². The molecule has 13 heavy (non-hydrogen) atoms. The molecule has 0 aromatic carbocycles. The van der Waals surface area contributed by atoms with E-state index in [1.54, 1.807) is 6.33 Å². The lowest BCUT2D eigenvalue weighted by Crippen LogP contribution is -2.09. The highest BCUT2D eigenvalue weighted by atomic mass is 16.3. The Balaban J connectivity index is 2.04. The van der Waals surface area contributed by atoms with E-state index in [2.05, 4.69) is 17.1 Å². The van der Waals surface area contributed by atoms with E-state index in [-0.39, 0.29) is 6.61 Å². The molecule has 1 fully saturated rings. The van der Waals surface area contributed by atoms with Crippen LogP contribution in [0.2, 0.25) is 0 Å². The van der Waals surface area contributed by atoms with Gasteiger partial charge in [0.25, 0.3) is 0 Å². The zero-order valence-corrected chi connectivity index (χ0v) is 7.85. The SMILES string of the molecule is CC(CC1CC1)n1cnnc1CO. The second kappa shape index (κ2) is 3.46. The summed E-state index contributed by atoms with van der Waals surface area (Å²) in [7, 11) is 0. The third kappa shape index (κ3) is 1.88. The standard InChI is InChI=1S/C9H15N3O/c1-7(4-8-2-3-8)12-6-10-11-9(12)5-13/h6-8,13H,2-5H2,1H3. The zero-order valence-electron chi connectivity index (χ0n) is 7.85. The Morgan fingerprint density at radius 3 is 3.08 bits per heavy atom. The van der Waals surface area contributed by atoms with E-state index in [0.29, 0.717) is 11.9 Å². The van der Waals surface area contributed by atoms with Gasteiger partial charge in [0.1, 0.15) is 12.9 Å². The van der Waals surface area contributed by atoms with Crippen LogP contribution in [0.5, 0.6) is 0 Å². The van der Waals surface area contributed by atoms with Crippen molar-refractivity contribution < 1.29 is 5.11 Å². The number of aromatic nitrogens is 3. The van der Waals surface area contributed by atoms with Crippen LogP contribution in [0.3, 0.4) is 0 Å². The minimum absolute atomic E-state index is 0.0188. The number of rotatable bonds is 4. The lowest BCUT2D eigenvalue weighted by atomic mass is 10.1. The average Bonchev–Trinajstić information content (AvgIpc) is 2.82. The van der Waals surface area contributed by atoms with Crippen molar-refractivity contribution in [3.63, 3.8) is 0 Å². The van der Waals surface area contributed by atoms with E-state index in [4.69, 9.17) is 5.11 Å². The summed E-state index contributed by atoms with van der Waals surface area (Å²) in [4.78, 5) is 0. The maximum Gasteiger partial charge on any atom is 0.158 e. The predicted molar refractivity (Wildman–Crippen MR) is 48.0 cm³/mol. The van der Waals surface area contributed by atoms with Crippen molar-refractivity contribution >= 4 is 0 Å². The van der Waals surface area contributed by atoms with Crippen LogP contribution in [-0.4, -0.2) is 19.9 Å². The van der Waals surface area contributed by atoms with Gasteiger partial charge < -0.3 is 9.67 Å². The van der Waals surface area contributed by atoms with Gasteiger partial charge in [-0.3, -0.25) is 0 Å². The van der Waals surface area contributed by atoms with Gasteiger partial charge in [-0.25, -0.2) is 0 Å². The fraction of sp³-hybridized carbons (Fsp3) is 0.778. The third-order valence-corrected chi connectivity index (χ3v) is 2.63. The first kappa shape index (κ1) is 8.69. The molecular formula is C9H15N3O. The van der Waals surface area contributed by atoms with Crippen LogP contribution in [-0.2, 0) is 6.61 Å². The van der Waals surface area contributed by atoms with E-state index in [1.165, 1.54) is 19.3 Å². The van der Waals surface area contributed by atoms with Crippen LogP contribution in [0.4, 0.5) is 0 Å². The average molecular weight is 181 g/mol. The number of nitrogens with zero attached hydrogens (tertiary/aromatic N) is 3. The van der Waals surface area contributed by atoms with Gasteiger partial charge >= 0.3 is 0 Å². The van der Waals surface area contributed by atoms with Gasteiger partial charge in [0.15, 0.2) is 5.82 Å². The Hall–Kier alpha value is -0.900. The van der Waals surface area contributed by atoms with Gasteiger partial charge in [-0.05, 0) is 19.3 Å². The highest BCUT2D eigenvalue weighted by Crippen LogP contribution is 2.36. The van der Waals surface area contributed by atoms with E-state index in [9.17, 15) is 0 Å². The number of aliphatic hydroxyl groups is 1. The van der Waals surface area contributed by atoms with Gasteiger partial charge in [0.05, 0.1) is 0 Å². The molecule has 0 bridgehead atoms. The Labute approximate surface area is 77.6 Å². The molecule has 72 valence electrons. The highest BCUT2D eigenvalue weighted by Gasteiger charge is 2.24. The molecule has 1 aliphatic carbocycles. The molecule has 2 rings (SSSR count). The first-order chi connectivity index (χ1) is 6.31. The van der Waals surface area contributed by atoms with Crippen LogP contribution in [0.25, 0.3) is 0 Å². The van der Waals surface area contributed by atoms with Gasteiger partial charge in [0.2, 0.25) is 0 Å². The summed E-state index contributed by atoms with van der Waals surface area (Å²) >= 11 is 0. The quantitative estimate of drug-likeness (QED) is 0.757. The fourth-order valence-corrected chi connectivity index (χ4v) is 1.70. The summed E-state index contributed by atoms with van der Waals surface area (Å²) < 4.78 is 1.97. The van der Waals surface area contributed by atoms with Crippen molar-refractivity contribution in [3.8, 4) is 0 Å². The van der Waals surface area contributed by atoms with Crippen molar-refractivity contribution in [3.05, 3.63) is 12.2 Å². The Morgan fingerprint density at radius 2 is 2.46 bits per heavy atom. The normalized spacial score (nSPS) is 18.9. The predicted octanol–water partition coefficient (Wildman–Crippen LogP) is 1.13. The number of hydrogen-bond donors (Lipinski definition) is 1. The minimum Gasteiger partial charge on any atom is -0.388 e. The van der Waals surface area contributed by atoms with Crippen LogP contribution in [0.15, 0.2) is 6.33 Å². The molecule has 0 saturated heterocycles. The van der Waals surface area contributed by atoms with Crippen molar-refractivity contribution in [1.82, 2.24) is 14.8 Å².